The predicted molar refractivity (Wildman–Crippen MR) is 112 cm³/mol. The van der Waals surface area contributed by atoms with Crippen molar-refractivity contribution in [1.82, 2.24) is 14.4 Å². The van der Waals surface area contributed by atoms with Crippen LogP contribution in [0.4, 0.5) is 9.52 Å². The van der Waals surface area contributed by atoms with Gasteiger partial charge in [-0.3, -0.25) is 0 Å². The van der Waals surface area contributed by atoms with Crippen LogP contribution in [0, 0.1) is 17.1 Å². The van der Waals surface area contributed by atoms with Gasteiger partial charge in [0.05, 0.1) is 17.9 Å². The highest BCUT2D eigenvalue weighted by molar-refractivity contribution is 9.10. The van der Waals surface area contributed by atoms with Gasteiger partial charge in [0.15, 0.2) is 5.13 Å². The van der Waals surface area contributed by atoms with Gasteiger partial charge < -0.3 is 9.72 Å². The van der Waals surface area contributed by atoms with E-state index in [4.69, 9.17) is 0 Å². The molecule has 0 saturated carbocycles. The molecule has 1 aromatic carbocycles. The van der Waals surface area contributed by atoms with Gasteiger partial charge in [-0.2, -0.15) is 5.26 Å². The third-order valence-electron chi connectivity index (χ3n) is 4.35. The Bertz CT molecular complexity index is 1190. The molecule has 0 unspecified atom stereocenters. The zero-order valence-electron chi connectivity index (χ0n) is 14.9. The second kappa shape index (κ2) is 7.70. The fraction of sp³-hybridized carbons (Fsp3) is 0.150. The van der Waals surface area contributed by atoms with Gasteiger partial charge in [0.25, 0.3) is 0 Å². The molecule has 0 aliphatic rings. The summed E-state index contributed by atoms with van der Waals surface area (Å²) in [5.74, 6) is -0.318. The fourth-order valence-electron chi connectivity index (χ4n) is 3.02. The number of aromatic nitrogens is 3. The fourth-order valence-corrected chi connectivity index (χ4v) is 4.14. The van der Waals surface area contributed by atoms with Crippen LogP contribution in [0.2, 0.25) is 0 Å². The van der Waals surface area contributed by atoms with Crippen molar-refractivity contribution in [3.63, 3.8) is 0 Å². The summed E-state index contributed by atoms with van der Waals surface area (Å²) in [5, 5.41) is 13.4. The first kappa shape index (κ1) is 18.6. The lowest BCUT2D eigenvalue weighted by Crippen LogP contribution is -2.05. The standard InChI is InChI=1S/C20H15BrFN5S/c1-2-15-16(27-11-13(21)5-8-18(27)25-15)10-24-20-26-19(17(9-23)28-20)12-3-6-14(22)7-4-12/h3-8,11H,2,10H2,1H3,(H,24,26). The Morgan fingerprint density at radius 3 is 2.71 bits per heavy atom. The first-order valence-corrected chi connectivity index (χ1v) is 10.3. The number of anilines is 1. The van der Waals surface area contributed by atoms with Crippen molar-refractivity contribution < 1.29 is 4.39 Å². The molecule has 0 saturated heterocycles. The minimum Gasteiger partial charge on any atom is -0.356 e. The third-order valence-corrected chi connectivity index (χ3v) is 5.74. The number of hydrogen-bond donors (Lipinski definition) is 1. The van der Waals surface area contributed by atoms with Crippen LogP contribution in [-0.4, -0.2) is 14.4 Å². The van der Waals surface area contributed by atoms with Gasteiger partial charge in [-0.05, 0) is 58.7 Å². The molecule has 0 fully saturated rings. The number of halogens is 2. The van der Waals surface area contributed by atoms with Crippen molar-refractivity contribution in [2.45, 2.75) is 19.9 Å². The number of pyridine rings is 1. The number of nitrogens with zero attached hydrogens (tertiary/aromatic N) is 4. The van der Waals surface area contributed by atoms with Gasteiger partial charge in [0.2, 0.25) is 0 Å². The number of hydrogen-bond acceptors (Lipinski definition) is 5. The Morgan fingerprint density at radius 2 is 2.00 bits per heavy atom. The SMILES string of the molecule is CCc1nc2ccc(Br)cn2c1CNc1nc(-c2ccc(F)cc2)c(C#N)s1. The Morgan fingerprint density at radius 1 is 1.21 bits per heavy atom. The van der Waals surface area contributed by atoms with Gasteiger partial charge in [-0.15, -0.1) is 0 Å². The molecule has 0 atom stereocenters. The summed E-state index contributed by atoms with van der Waals surface area (Å²) in [4.78, 5) is 9.73. The van der Waals surface area contributed by atoms with Crippen molar-refractivity contribution in [2.24, 2.45) is 0 Å². The lowest BCUT2D eigenvalue weighted by Gasteiger charge is -2.06. The molecule has 1 N–H and O–H groups in total. The molecule has 28 heavy (non-hydrogen) atoms. The topological polar surface area (TPSA) is 66.0 Å². The number of thiazole rings is 1. The van der Waals surface area contributed by atoms with Crippen LogP contribution >= 0.6 is 27.3 Å². The predicted octanol–water partition coefficient (Wildman–Crippen LogP) is 5.41. The van der Waals surface area contributed by atoms with Crippen molar-refractivity contribution >= 4 is 38.0 Å². The molecule has 0 radical (unpaired) electrons. The van der Waals surface area contributed by atoms with Crippen LogP contribution in [0.25, 0.3) is 16.9 Å². The second-order valence-electron chi connectivity index (χ2n) is 6.10. The second-order valence-corrected chi connectivity index (χ2v) is 8.02. The molecule has 3 aromatic heterocycles. The van der Waals surface area contributed by atoms with E-state index < -0.39 is 0 Å². The Hall–Kier alpha value is -2.76. The van der Waals surface area contributed by atoms with Gasteiger partial charge in [0, 0.05) is 16.2 Å². The quantitative estimate of drug-likeness (QED) is 0.437. The van der Waals surface area contributed by atoms with E-state index in [9.17, 15) is 9.65 Å². The monoisotopic (exact) mass is 455 g/mol. The van der Waals surface area contributed by atoms with E-state index >= 15 is 0 Å². The van der Waals surface area contributed by atoms with Crippen LogP contribution in [0.5, 0.6) is 0 Å². The molecule has 0 spiro atoms. The highest BCUT2D eigenvalue weighted by atomic mass is 79.9. The first-order chi connectivity index (χ1) is 13.6. The Balaban J connectivity index is 1.64. The van der Waals surface area contributed by atoms with Crippen molar-refractivity contribution in [2.75, 3.05) is 5.32 Å². The van der Waals surface area contributed by atoms with E-state index in [0.717, 1.165) is 33.5 Å². The summed E-state index contributed by atoms with van der Waals surface area (Å²) >= 11 is 4.79. The third kappa shape index (κ3) is 3.51. The molecule has 140 valence electrons. The number of rotatable bonds is 5. The van der Waals surface area contributed by atoms with Crippen LogP contribution in [0.3, 0.4) is 0 Å². The van der Waals surface area contributed by atoms with Gasteiger partial charge in [0.1, 0.15) is 28.1 Å². The molecule has 5 nitrogen and oxygen atoms in total. The zero-order valence-corrected chi connectivity index (χ0v) is 17.3. The average Bonchev–Trinajstić information content (AvgIpc) is 3.27. The summed E-state index contributed by atoms with van der Waals surface area (Å²) in [5.41, 5.74) is 4.24. The number of nitriles is 1. The van der Waals surface area contributed by atoms with Crippen LogP contribution in [-0.2, 0) is 13.0 Å². The summed E-state index contributed by atoms with van der Waals surface area (Å²) in [7, 11) is 0. The van der Waals surface area contributed by atoms with Gasteiger partial charge in [-0.25, -0.2) is 14.4 Å². The minimum atomic E-state index is -0.318. The lowest BCUT2D eigenvalue weighted by atomic mass is 10.1. The molecular formula is C20H15BrFN5S. The molecule has 4 rings (SSSR count). The highest BCUT2D eigenvalue weighted by Gasteiger charge is 2.15. The zero-order chi connectivity index (χ0) is 19.7. The maximum Gasteiger partial charge on any atom is 0.184 e. The molecule has 0 bridgehead atoms. The molecule has 0 aliphatic heterocycles. The molecule has 3 heterocycles. The summed E-state index contributed by atoms with van der Waals surface area (Å²) < 4.78 is 16.2. The maximum absolute atomic E-state index is 13.2. The van der Waals surface area contributed by atoms with E-state index in [1.165, 1.54) is 23.5 Å². The highest BCUT2D eigenvalue weighted by Crippen LogP contribution is 2.31. The minimum absolute atomic E-state index is 0.318. The first-order valence-electron chi connectivity index (χ1n) is 8.65. The summed E-state index contributed by atoms with van der Waals surface area (Å²) in [6.45, 7) is 2.60. The van der Waals surface area contributed by atoms with E-state index in [1.54, 1.807) is 12.1 Å². The number of benzene rings is 1. The van der Waals surface area contributed by atoms with Gasteiger partial charge >= 0.3 is 0 Å². The van der Waals surface area contributed by atoms with Gasteiger partial charge in [-0.1, -0.05) is 18.3 Å². The summed E-state index contributed by atoms with van der Waals surface area (Å²) in [6, 6.07) is 12.1. The maximum atomic E-state index is 13.2. The van der Waals surface area contributed by atoms with E-state index in [-0.39, 0.29) is 5.82 Å². The van der Waals surface area contributed by atoms with E-state index in [0.29, 0.717) is 22.2 Å². The molecular weight excluding hydrogens is 441 g/mol. The normalized spacial score (nSPS) is 10.9. The smallest absolute Gasteiger partial charge is 0.184 e. The lowest BCUT2D eigenvalue weighted by molar-refractivity contribution is 0.628. The van der Waals surface area contributed by atoms with Crippen molar-refractivity contribution in [1.29, 1.82) is 5.26 Å². The van der Waals surface area contributed by atoms with Crippen LogP contribution in [0.15, 0.2) is 47.1 Å². The van der Waals surface area contributed by atoms with E-state index in [2.05, 4.69) is 48.6 Å². The van der Waals surface area contributed by atoms with Crippen LogP contribution < -0.4 is 5.32 Å². The van der Waals surface area contributed by atoms with Crippen molar-refractivity contribution in [3.8, 4) is 17.3 Å². The summed E-state index contributed by atoms with van der Waals surface area (Å²) in [6.07, 6.45) is 2.81. The molecule has 0 amide bonds. The average molecular weight is 456 g/mol. The number of nitrogens with one attached hydrogen (secondary N) is 1. The Kier molecular flexibility index (Phi) is 5.11. The number of imidazole rings is 1. The van der Waals surface area contributed by atoms with E-state index in [1.807, 2.05) is 18.3 Å². The molecule has 4 aromatic rings. The number of fused-ring (bicyclic) bond motifs is 1. The number of aryl methyl sites for hydroxylation is 1. The van der Waals surface area contributed by atoms with Crippen LogP contribution in [0.1, 0.15) is 23.2 Å². The Labute approximate surface area is 173 Å². The van der Waals surface area contributed by atoms with Crippen molar-refractivity contribution in [3.05, 3.63) is 69.1 Å². The molecule has 8 heteroatoms. The largest absolute Gasteiger partial charge is 0.356 e. The molecule has 0 aliphatic carbocycles.